The molecule has 0 spiro atoms. The quantitative estimate of drug-likeness (QED) is 0.842. The van der Waals surface area contributed by atoms with Crippen molar-refractivity contribution in [2.45, 2.75) is 46.3 Å². The van der Waals surface area contributed by atoms with Gasteiger partial charge in [-0.15, -0.1) is 0 Å². The number of nitrogens with zero attached hydrogens (tertiary/aromatic N) is 1. The van der Waals surface area contributed by atoms with Crippen molar-refractivity contribution < 1.29 is 14.1 Å². The predicted octanol–water partition coefficient (Wildman–Crippen LogP) is 4.00. The van der Waals surface area contributed by atoms with E-state index < -0.39 is 0 Å². The molecule has 1 heterocycles. The van der Waals surface area contributed by atoms with E-state index in [9.17, 15) is 4.79 Å². The van der Waals surface area contributed by atoms with Crippen molar-refractivity contribution in [2.24, 2.45) is 5.92 Å². The zero-order chi connectivity index (χ0) is 17.9. The van der Waals surface area contributed by atoms with Gasteiger partial charge < -0.3 is 14.6 Å². The van der Waals surface area contributed by atoms with Crippen LogP contribution in [-0.2, 0) is 10.2 Å². The molecule has 24 heavy (non-hydrogen) atoms. The van der Waals surface area contributed by atoms with Crippen molar-refractivity contribution in [3.63, 3.8) is 0 Å². The van der Waals surface area contributed by atoms with E-state index in [0.29, 0.717) is 5.76 Å². The molecule has 0 bridgehead atoms. The van der Waals surface area contributed by atoms with Crippen molar-refractivity contribution in [1.82, 2.24) is 10.5 Å². The lowest BCUT2D eigenvalue weighted by Gasteiger charge is -2.19. The zero-order valence-electron chi connectivity index (χ0n) is 15.2. The van der Waals surface area contributed by atoms with Crippen LogP contribution in [0.3, 0.4) is 0 Å². The van der Waals surface area contributed by atoms with Gasteiger partial charge in [0.1, 0.15) is 6.23 Å². The van der Waals surface area contributed by atoms with Gasteiger partial charge in [0.05, 0.1) is 0 Å². The summed E-state index contributed by atoms with van der Waals surface area (Å²) in [7, 11) is 1.57. The van der Waals surface area contributed by atoms with Gasteiger partial charge in [0.25, 0.3) is 5.91 Å². The minimum Gasteiger partial charge on any atom is -0.361 e. The second-order valence-corrected chi connectivity index (χ2v) is 7.28. The smallest absolute Gasteiger partial charge is 0.275 e. The number of benzene rings is 1. The average molecular weight is 330 g/mol. The first-order valence-electron chi connectivity index (χ1n) is 8.13. The molecule has 0 radical (unpaired) electrons. The van der Waals surface area contributed by atoms with Crippen molar-refractivity contribution >= 4 is 5.91 Å². The molecule has 5 nitrogen and oxygen atoms in total. The Bertz CT molecular complexity index is 681. The Labute approximate surface area is 143 Å². The van der Waals surface area contributed by atoms with Crippen LogP contribution in [0.5, 0.6) is 0 Å². The fourth-order valence-corrected chi connectivity index (χ4v) is 2.35. The van der Waals surface area contributed by atoms with Crippen LogP contribution in [-0.4, -0.2) is 24.4 Å². The van der Waals surface area contributed by atoms with Gasteiger partial charge in [0.2, 0.25) is 0 Å². The normalized spacial score (nSPS) is 13.1. The van der Waals surface area contributed by atoms with E-state index in [1.165, 1.54) is 5.56 Å². The highest BCUT2D eigenvalue weighted by molar-refractivity contribution is 5.93. The molecule has 1 aromatic carbocycles. The minimum absolute atomic E-state index is 0.0942. The van der Waals surface area contributed by atoms with E-state index in [2.05, 4.69) is 43.4 Å². The fraction of sp³-hybridized carbons (Fsp3) is 0.474. The van der Waals surface area contributed by atoms with E-state index >= 15 is 0 Å². The van der Waals surface area contributed by atoms with Crippen LogP contribution in [0.25, 0.3) is 11.3 Å². The SMILES string of the molecule is COC(NC(=O)c1cc(-c2ccc(C(C)(C)C)cc2)on1)C(C)C. The molecule has 0 aliphatic heterocycles. The van der Waals surface area contributed by atoms with E-state index in [4.69, 9.17) is 9.26 Å². The summed E-state index contributed by atoms with van der Waals surface area (Å²) in [6, 6.07) is 9.74. The van der Waals surface area contributed by atoms with Crippen LogP contribution in [0.15, 0.2) is 34.9 Å². The number of ether oxygens (including phenoxy) is 1. The van der Waals surface area contributed by atoms with Crippen LogP contribution < -0.4 is 5.32 Å². The predicted molar refractivity (Wildman–Crippen MR) is 93.7 cm³/mol. The van der Waals surface area contributed by atoms with Crippen LogP contribution in [0.1, 0.15) is 50.7 Å². The zero-order valence-corrected chi connectivity index (χ0v) is 15.2. The number of carbonyl (C=O) groups is 1. The van der Waals surface area contributed by atoms with Gasteiger partial charge in [-0.1, -0.05) is 64.0 Å². The number of carbonyl (C=O) groups excluding carboxylic acids is 1. The molecule has 0 saturated heterocycles. The molecule has 1 amide bonds. The third-order valence-electron chi connectivity index (χ3n) is 3.91. The highest BCUT2D eigenvalue weighted by atomic mass is 16.5. The van der Waals surface area contributed by atoms with Crippen molar-refractivity contribution in [2.75, 3.05) is 7.11 Å². The molecule has 1 N–H and O–H groups in total. The maximum atomic E-state index is 12.2. The molecule has 0 aliphatic rings. The van der Waals surface area contributed by atoms with Gasteiger partial charge in [-0.05, 0) is 16.9 Å². The summed E-state index contributed by atoms with van der Waals surface area (Å²) in [5.41, 5.74) is 2.47. The summed E-state index contributed by atoms with van der Waals surface area (Å²) in [4.78, 5) is 12.2. The molecule has 0 aliphatic carbocycles. The van der Waals surface area contributed by atoms with Crippen LogP contribution in [0, 0.1) is 5.92 Å². The van der Waals surface area contributed by atoms with Crippen molar-refractivity contribution in [1.29, 1.82) is 0 Å². The van der Waals surface area contributed by atoms with Gasteiger partial charge in [0.15, 0.2) is 11.5 Å². The van der Waals surface area contributed by atoms with Crippen LogP contribution >= 0.6 is 0 Å². The summed E-state index contributed by atoms with van der Waals surface area (Å²) in [6.07, 6.45) is -0.358. The molecule has 0 saturated carbocycles. The van der Waals surface area contributed by atoms with Gasteiger partial charge in [-0.25, -0.2) is 0 Å². The Balaban J connectivity index is 2.14. The second-order valence-electron chi connectivity index (χ2n) is 7.28. The Morgan fingerprint density at radius 1 is 1.21 bits per heavy atom. The number of hydrogen-bond acceptors (Lipinski definition) is 4. The van der Waals surface area contributed by atoms with Crippen LogP contribution in [0.4, 0.5) is 0 Å². The third-order valence-corrected chi connectivity index (χ3v) is 3.91. The minimum atomic E-state index is -0.358. The lowest BCUT2D eigenvalue weighted by molar-refractivity contribution is 0.0331. The summed E-state index contributed by atoms with van der Waals surface area (Å²) >= 11 is 0. The van der Waals surface area contributed by atoms with Crippen molar-refractivity contribution in [3.05, 3.63) is 41.6 Å². The Hall–Kier alpha value is -2.14. The lowest BCUT2D eigenvalue weighted by atomic mass is 9.86. The monoisotopic (exact) mass is 330 g/mol. The summed E-state index contributed by atoms with van der Waals surface area (Å²) in [5, 5.41) is 6.66. The molecule has 1 aromatic heterocycles. The summed E-state index contributed by atoms with van der Waals surface area (Å²) in [6.45, 7) is 10.4. The molecule has 5 heteroatoms. The van der Waals surface area contributed by atoms with E-state index in [1.807, 2.05) is 26.0 Å². The fourth-order valence-electron chi connectivity index (χ4n) is 2.35. The Morgan fingerprint density at radius 3 is 2.33 bits per heavy atom. The topological polar surface area (TPSA) is 64.4 Å². The number of nitrogens with one attached hydrogen (secondary N) is 1. The Morgan fingerprint density at radius 2 is 1.83 bits per heavy atom. The number of rotatable bonds is 5. The van der Waals surface area contributed by atoms with Gasteiger partial charge >= 0.3 is 0 Å². The summed E-state index contributed by atoms with van der Waals surface area (Å²) < 4.78 is 10.6. The molecule has 1 unspecified atom stereocenters. The average Bonchev–Trinajstić information content (AvgIpc) is 3.01. The molecular formula is C19H26N2O3. The largest absolute Gasteiger partial charge is 0.361 e. The molecule has 2 aromatic rings. The molecule has 0 fully saturated rings. The number of aromatic nitrogens is 1. The maximum absolute atomic E-state index is 12.2. The summed E-state index contributed by atoms with van der Waals surface area (Å²) in [5.74, 6) is 0.422. The number of hydrogen-bond donors (Lipinski definition) is 1. The van der Waals surface area contributed by atoms with Crippen LogP contribution in [0.2, 0.25) is 0 Å². The number of amides is 1. The standard InChI is InChI=1S/C19H26N2O3/c1-12(2)18(23-6)20-17(22)15-11-16(24-21-15)13-7-9-14(10-8-13)19(3,4)5/h7-12,18H,1-6H3,(H,20,22). The second kappa shape index (κ2) is 7.18. The molecule has 2 rings (SSSR count). The third kappa shape index (κ3) is 4.23. The van der Waals surface area contributed by atoms with E-state index in [1.54, 1.807) is 13.2 Å². The molecule has 130 valence electrons. The van der Waals surface area contributed by atoms with E-state index in [0.717, 1.165) is 5.56 Å². The van der Waals surface area contributed by atoms with Gasteiger partial charge in [0, 0.05) is 18.7 Å². The van der Waals surface area contributed by atoms with E-state index in [-0.39, 0.29) is 29.2 Å². The molecule has 1 atom stereocenters. The lowest BCUT2D eigenvalue weighted by Crippen LogP contribution is -2.39. The van der Waals surface area contributed by atoms with Gasteiger partial charge in [-0.2, -0.15) is 0 Å². The highest BCUT2D eigenvalue weighted by Crippen LogP contribution is 2.26. The Kier molecular flexibility index (Phi) is 5.44. The first-order valence-corrected chi connectivity index (χ1v) is 8.13. The van der Waals surface area contributed by atoms with Crippen molar-refractivity contribution in [3.8, 4) is 11.3 Å². The van der Waals surface area contributed by atoms with Gasteiger partial charge in [-0.3, -0.25) is 4.79 Å². The maximum Gasteiger partial charge on any atom is 0.275 e. The molecular weight excluding hydrogens is 304 g/mol. The highest BCUT2D eigenvalue weighted by Gasteiger charge is 2.20. The first kappa shape index (κ1) is 18.2. The number of methoxy groups -OCH3 is 1. The first-order chi connectivity index (χ1) is 11.2.